The topological polar surface area (TPSA) is 41.1 Å². The van der Waals surface area contributed by atoms with Crippen LogP contribution in [0, 0.1) is 11.8 Å². The third kappa shape index (κ3) is 3.70. The fourth-order valence-corrected chi connectivity index (χ4v) is 3.22. The Morgan fingerprint density at radius 1 is 1.24 bits per heavy atom. The van der Waals surface area contributed by atoms with Gasteiger partial charge in [0.15, 0.2) is 0 Å². The number of amides is 1. The Labute approximate surface area is 105 Å². The third-order valence-electron chi connectivity index (χ3n) is 4.30. The van der Waals surface area contributed by atoms with Gasteiger partial charge in [0.2, 0.25) is 5.91 Å². The number of nitrogens with one attached hydrogen (secondary N) is 2. The highest BCUT2D eigenvalue weighted by atomic mass is 16.2. The van der Waals surface area contributed by atoms with E-state index in [2.05, 4.69) is 24.5 Å². The Kier molecular flexibility index (Phi) is 4.43. The van der Waals surface area contributed by atoms with E-state index in [-0.39, 0.29) is 11.9 Å². The first-order chi connectivity index (χ1) is 8.15. The number of hydrogen-bond donors (Lipinski definition) is 2. The van der Waals surface area contributed by atoms with Crippen LogP contribution in [0.5, 0.6) is 0 Å². The van der Waals surface area contributed by atoms with Crippen molar-refractivity contribution in [2.45, 2.75) is 64.5 Å². The van der Waals surface area contributed by atoms with Crippen molar-refractivity contribution in [3.63, 3.8) is 0 Å². The zero-order valence-electron chi connectivity index (χ0n) is 11.2. The van der Waals surface area contributed by atoms with E-state index in [9.17, 15) is 4.79 Å². The molecule has 3 nitrogen and oxygen atoms in total. The molecule has 1 amide bonds. The summed E-state index contributed by atoms with van der Waals surface area (Å²) < 4.78 is 0. The molecule has 1 saturated carbocycles. The minimum Gasteiger partial charge on any atom is -0.354 e. The first-order valence-electron chi connectivity index (χ1n) is 7.19. The van der Waals surface area contributed by atoms with Gasteiger partial charge in [-0.2, -0.15) is 0 Å². The molecule has 4 atom stereocenters. The summed E-state index contributed by atoms with van der Waals surface area (Å²) in [5.41, 5.74) is 0. The molecular weight excluding hydrogens is 212 g/mol. The predicted molar refractivity (Wildman–Crippen MR) is 69.8 cm³/mol. The van der Waals surface area contributed by atoms with Gasteiger partial charge in [-0.25, -0.2) is 0 Å². The van der Waals surface area contributed by atoms with Crippen molar-refractivity contribution >= 4 is 5.91 Å². The second kappa shape index (κ2) is 5.85. The average molecular weight is 238 g/mol. The second-order valence-corrected chi connectivity index (χ2v) is 6.08. The van der Waals surface area contributed by atoms with E-state index in [1.165, 1.54) is 32.1 Å². The van der Waals surface area contributed by atoms with Gasteiger partial charge in [0.1, 0.15) is 0 Å². The lowest BCUT2D eigenvalue weighted by Crippen LogP contribution is -2.50. The molecule has 4 unspecified atom stereocenters. The molecular formula is C14H26N2O. The van der Waals surface area contributed by atoms with Crippen molar-refractivity contribution in [1.82, 2.24) is 10.6 Å². The quantitative estimate of drug-likeness (QED) is 0.790. The van der Waals surface area contributed by atoms with Gasteiger partial charge in [0.25, 0.3) is 0 Å². The standard InChI is InChI=1S/C14H26N2O/c1-10-6-7-12(8-10)9-15-14(17)13-5-3-4-11(2)16-13/h10-13,16H,3-9H2,1-2H3,(H,15,17). The van der Waals surface area contributed by atoms with E-state index >= 15 is 0 Å². The molecule has 2 rings (SSSR count). The van der Waals surface area contributed by atoms with Crippen LogP contribution in [0.1, 0.15) is 52.4 Å². The molecule has 2 fully saturated rings. The molecule has 0 aromatic heterocycles. The molecule has 2 N–H and O–H groups in total. The molecule has 0 bridgehead atoms. The van der Waals surface area contributed by atoms with E-state index in [0.29, 0.717) is 6.04 Å². The molecule has 1 saturated heterocycles. The summed E-state index contributed by atoms with van der Waals surface area (Å²) in [4.78, 5) is 12.0. The Balaban J connectivity index is 1.69. The Morgan fingerprint density at radius 3 is 2.71 bits per heavy atom. The first kappa shape index (κ1) is 12.9. The highest BCUT2D eigenvalue weighted by molar-refractivity contribution is 5.81. The summed E-state index contributed by atoms with van der Waals surface area (Å²) in [5.74, 6) is 1.79. The van der Waals surface area contributed by atoms with Gasteiger partial charge in [-0.05, 0) is 50.9 Å². The lowest BCUT2D eigenvalue weighted by molar-refractivity contribution is -0.124. The fraction of sp³-hybridized carbons (Fsp3) is 0.929. The molecule has 98 valence electrons. The third-order valence-corrected chi connectivity index (χ3v) is 4.30. The van der Waals surface area contributed by atoms with Crippen molar-refractivity contribution in [2.24, 2.45) is 11.8 Å². The Morgan fingerprint density at radius 2 is 2.06 bits per heavy atom. The zero-order valence-corrected chi connectivity index (χ0v) is 11.2. The summed E-state index contributed by atoms with van der Waals surface area (Å²) in [6.45, 7) is 5.36. The minimum absolute atomic E-state index is 0.0533. The lowest BCUT2D eigenvalue weighted by atomic mass is 9.99. The van der Waals surface area contributed by atoms with Gasteiger partial charge in [0, 0.05) is 12.6 Å². The largest absolute Gasteiger partial charge is 0.354 e. The summed E-state index contributed by atoms with van der Waals surface area (Å²) >= 11 is 0. The van der Waals surface area contributed by atoms with E-state index in [0.717, 1.165) is 24.8 Å². The molecule has 0 aromatic rings. The van der Waals surface area contributed by atoms with Crippen LogP contribution in [-0.4, -0.2) is 24.5 Å². The maximum absolute atomic E-state index is 12.0. The van der Waals surface area contributed by atoms with E-state index in [1.807, 2.05) is 0 Å². The van der Waals surface area contributed by atoms with Crippen LogP contribution in [0.2, 0.25) is 0 Å². The van der Waals surface area contributed by atoms with Crippen molar-refractivity contribution in [1.29, 1.82) is 0 Å². The maximum atomic E-state index is 12.0. The number of carbonyl (C=O) groups excluding carboxylic acids is 1. The molecule has 2 aliphatic rings. The van der Waals surface area contributed by atoms with Crippen LogP contribution in [0.15, 0.2) is 0 Å². The summed E-state index contributed by atoms with van der Waals surface area (Å²) in [6, 6.07) is 0.545. The predicted octanol–water partition coefficient (Wildman–Crippen LogP) is 2.07. The molecule has 1 heterocycles. The van der Waals surface area contributed by atoms with Gasteiger partial charge in [-0.15, -0.1) is 0 Å². The van der Waals surface area contributed by atoms with E-state index < -0.39 is 0 Å². The van der Waals surface area contributed by atoms with Crippen LogP contribution in [0.3, 0.4) is 0 Å². The zero-order chi connectivity index (χ0) is 12.3. The SMILES string of the molecule is CC1CCC(CNC(=O)C2CCCC(C)N2)C1. The molecule has 1 aliphatic carbocycles. The monoisotopic (exact) mass is 238 g/mol. The van der Waals surface area contributed by atoms with Crippen LogP contribution >= 0.6 is 0 Å². The van der Waals surface area contributed by atoms with Crippen molar-refractivity contribution < 1.29 is 4.79 Å². The molecule has 3 heteroatoms. The molecule has 0 spiro atoms. The van der Waals surface area contributed by atoms with Gasteiger partial charge in [-0.3, -0.25) is 4.79 Å². The van der Waals surface area contributed by atoms with Gasteiger partial charge >= 0.3 is 0 Å². The van der Waals surface area contributed by atoms with Gasteiger partial charge in [-0.1, -0.05) is 13.3 Å². The van der Waals surface area contributed by atoms with Gasteiger partial charge < -0.3 is 10.6 Å². The fourth-order valence-electron chi connectivity index (χ4n) is 3.22. The van der Waals surface area contributed by atoms with Crippen LogP contribution in [0.25, 0.3) is 0 Å². The van der Waals surface area contributed by atoms with E-state index in [1.54, 1.807) is 0 Å². The minimum atomic E-state index is 0.0533. The van der Waals surface area contributed by atoms with Crippen LogP contribution < -0.4 is 10.6 Å². The summed E-state index contributed by atoms with van der Waals surface area (Å²) in [5, 5.41) is 6.52. The Hall–Kier alpha value is -0.570. The number of carbonyl (C=O) groups is 1. The number of piperidine rings is 1. The maximum Gasteiger partial charge on any atom is 0.237 e. The van der Waals surface area contributed by atoms with Crippen LogP contribution in [-0.2, 0) is 4.79 Å². The van der Waals surface area contributed by atoms with Gasteiger partial charge in [0.05, 0.1) is 6.04 Å². The smallest absolute Gasteiger partial charge is 0.237 e. The van der Waals surface area contributed by atoms with Crippen molar-refractivity contribution in [2.75, 3.05) is 6.54 Å². The number of rotatable bonds is 3. The second-order valence-electron chi connectivity index (χ2n) is 6.08. The van der Waals surface area contributed by atoms with Crippen molar-refractivity contribution in [3.05, 3.63) is 0 Å². The lowest BCUT2D eigenvalue weighted by Gasteiger charge is -2.28. The summed E-state index contributed by atoms with van der Waals surface area (Å²) in [7, 11) is 0. The normalized spacial score (nSPS) is 38.0. The molecule has 17 heavy (non-hydrogen) atoms. The number of hydrogen-bond acceptors (Lipinski definition) is 2. The average Bonchev–Trinajstić information content (AvgIpc) is 2.72. The highest BCUT2D eigenvalue weighted by Crippen LogP contribution is 2.29. The Bertz CT molecular complexity index is 267. The first-order valence-corrected chi connectivity index (χ1v) is 7.19. The molecule has 0 radical (unpaired) electrons. The summed E-state index contributed by atoms with van der Waals surface area (Å²) in [6.07, 6.45) is 7.28. The van der Waals surface area contributed by atoms with E-state index in [4.69, 9.17) is 0 Å². The van der Waals surface area contributed by atoms with Crippen molar-refractivity contribution in [3.8, 4) is 0 Å². The molecule has 0 aromatic carbocycles. The molecule has 1 aliphatic heterocycles. The van der Waals surface area contributed by atoms with Crippen LogP contribution in [0.4, 0.5) is 0 Å². The highest BCUT2D eigenvalue weighted by Gasteiger charge is 2.26.